The van der Waals surface area contributed by atoms with Gasteiger partial charge in [0.05, 0.1) is 24.3 Å². The predicted octanol–water partition coefficient (Wildman–Crippen LogP) is 0.918. The third kappa shape index (κ3) is 3.73. The highest BCUT2D eigenvalue weighted by atomic mass is 127. The number of hydrogen-bond acceptors (Lipinski definition) is 6. The van der Waals surface area contributed by atoms with E-state index in [2.05, 4.69) is 27.9 Å². The van der Waals surface area contributed by atoms with E-state index < -0.39 is 29.7 Å². The highest BCUT2D eigenvalue weighted by Crippen LogP contribution is 2.30. The number of alkyl halides is 1. The van der Waals surface area contributed by atoms with Crippen molar-refractivity contribution in [3.05, 3.63) is 29.3 Å². The number of imide groups is 2. The van der Waals surface area contributed by atoms with Crippen LogP contribution in [0.5, 0.6) is 5.75 Å². The van der Waals surface area contributed by atoms with E-state index >= 15 is 0 Å². The van der Waals surface area contributed by atoms with Crippen LogP contribution in [-0.4, -0.2) is 58.8 Å². The molecule has 2 aliphatic heterocycles. The third-order valence-electron chi connectivity index (χ3n) is 4.13. The Bertz CT molecular complexity index is 766. The second-order valence-electron chi connectivity index (χ2n) is 5.80. The van der Waals surface area contributed by atoms with Crippen molar-refractivity contribution in [2.75, 3.05) is 24.2 Å². The fourth-order valence-corrected chi connectivity index (χ4v) is 3.23. The van der Waals surface area contributed by atoms with Gasteiger partial charge in [-0.2, -0.15) is 0 Å². The molecular formula is C17H17IN2O6. The molecule has 0 aromatic heterocycles. The largest absolute Gasteiger partial charge is 0.491 e. The van der Waals surface area contributed by atoms with Gasteiger partial charge in [-0.15, -0.1) is 0 Å². The van der Waals surface area contributed by atoms with Crippen molar-refractivity contribution in [2.24, 2.45) is 0 Å². The Morgan fingerprint density at radius 2 is 1.85 bits per heavy atom. The number of halogens is 1. The van der Waals surface area contributed by atoms with Gasteiger partial charge in [0.1, 0.15) is 18.4 Å². The SMILES string of the molecule is O=C1CCC(N2C(=O)c3ccc(OCCOCCI)cc3C2=O)C(=O)N1. The molecule has 0 radical (unpaired) electrons. The van der Waals surface area contributed by atoms with Gasteiger partial charge in [0, 0.05) is 10.8 Å². The summed E-state index contributed by atoms with van der Waals surface area (Å²) >= 11 is 2.21. The maximum absolute atomic E-state index is 12.7. The molecule has 1 atom stereocenters. The first-order valence-corrected chi connectivity index (χ1v) is 9.67. The maximum atomic E-state index is 12.7. The number of nitrogens with zero attached hydrogens (tertiary/aromatic N) is 1. The standard InChI is InChI=1S/C17H17IN2O6/c18-5-6-25-7-8-26-10-1-2-11-12(9-10)17(24)20(16(11)23)13-3-4-14(21)19-15(13)22/h1-2,9,13H,3-8H2,(H,19,21,22). The molecular weight excluding hydrogens is 455 g/mol. The van der Waals surface area contributed by atoms with Crippen LogP contribution < -0.4 is 10.1 Å². The number of piperidine rings is 1. The number of amides is 4. The van der Waals surface area contributed by atoms with Crippen LogP contribution in [-0.2, 0) is 14.3 Å². The van der Waals surface area contributed by atoms with E-state index in [9.17, 15) is 19.2 Å². The molecule has 2 heterocycles. The Hall–Kier alpha value is -2.01. The minimum Gasteiger partial charge on any atom is -0.491 e. The van der Waals surface area contributed by atoms with E-state index in [0.717, 1.165) is 9.33 Å². The zero-order chi connectivity index (χ0) is 18.7. The normalized spacial score (nSPS) is 19.6. The van der Waals surface area contributed by atoms with Crippen molar-refractivity contribution < 1.29 is 28.7 Å². The molecule has 4 amide bonds. The van der Waals surface area contributed by atoms with Crippen LogP contribution in [0.2, 0.25) is 0 Å². The second kappa shape index (κ2) is 8.12. The van der Waals surface area contributed by atoms with Crippen molar-refractivity contribution in [3.8, 4) is 5.75 Å². The van der Waals surface area contributed by atoms with E-state index in [0.29, 0.717) is 25.6 Å². The molecule has 8 nitrogen and oxygen atoms in total. The van der Waals surface area contributed by atoms with Crippen LogP contribution in [0, 0.1) is 0 Å². The van der Waals surface area contributed by atoms with Crippen molar-refractivity contribution in [3.63, 3.8) is 0 Å². The molecule has 1 aromatic rings. The summed E-state index contributed by atoms with van der Waals surface area (Å²) < 4.78 is 11.8. The maximum Gasteiger partial charge on any atom is 0.262 e. The van der Waals surface area contributed by atoms with E-state index in [1.54, 1.807) is 6.07 Å². The molecule has 1 unspecified atom stereocenters. The molecule has 1 fully saturated rings. The lowest BCUT2D eigenvalue weighted by atomic mass is 10.0. The highest BCUT2D eigenvalue weighted by molar-refractivity contribution is 14.1. The first kappa shape index (κ1) is 18.8. The van der Waals surface area contributed by atoms with E-state index in [-0.39, 0.29) is 24.0 Å². The van der Waals surface area contributed by atoms with Gasteiger partial charge in [-0.25, -0.2) is 0 Å². The van der Waals surface area contributed by atoms with Crippen molar-refractivity contribution in [1.82, 2.24) is 10.2 Å². The zero-order valence-electron chi connectivity index (χ0n) is 13.8. The van der Waals surface area contributed by atoms with Gasteiger partial charge in [-0.3, -0.25) is 29.4 Å². The molecule has 9 heteroatoms. The lowest BCUT2D eigenvalue weighted by Crippen LogP contribution is -2.54. The van der Waals surface area contributed by atoms with Gasteiger partial charge in [-0.1, -0.05) is 22.6 Å². The third-order valence-corrected chi connectivity index (χ3v) is 4.57. The van der Waals surface area contributed by atoms with Crippen LogP contribution in [0.1, 0.15) is 33.6 Å². The van der Waals surface area contributed by atoms with Crippen LogP contribution in [0.4, 0.5) is 0 Å². The minimum absolute atomic E-state index is 0.0927. The fourth-order valence-electron chi connectivity index (χ4n) is 2.91. The summed E-state index contributed by atoms with van der Waals surface area (Å²) in [5.74, 6) is -1.65. The lowest BCUT2D eigenvalue weighted by molar-refractivity contribution is -0.136. The summed E-state index contributed by atoms with van der Waals surface area (Å²) in [6.45, 7) is 1.39. The van der Waals surface area contributed by atoms with Gasteiger partial charge in [-0.05, 0) is 24.6 Å². The smallest absolute Gasteiger partial charge is 0.262 e. The minimum atomic E-state index is -0.967. The van der Waals surface area contributed by atoms with Crippen LogP contribution in [0.15, 0.2) is 18.2 Å². The summed E-state index contributed by atoms with van der Waals surface area (Å²) in [5.41, 5.74) is 0.429. The molecule has 1 saturated heterocycles. The van der Waals surface area contributed by atoms with E-state index in [4.69, 9.17) is 9.47 Å². The molecule has 0 aliphatic carbocycles. The number of carbonyl (C=O) groups is 4. The molecule has 0 spiro atoms. The van der Waals surface area contributed by atoms with Crippen molar-refractivity contribution in [2.45, 2.75) is 18.9 Å². The monoisotopic (exact) mass is 472 g/mol. The predicted molar refractivity (Wildman–Crippen MR) is 98.3 cm³/mol. The quantitative estimate of drug-likeness (QED) is 0.274. The second-order valence-corrected chi connectivity index (χ2v) is 6.88. The van der Waals surface area contributed by atoms with E-state index in [1.165, 1.54) is 12.1 Å². The number of benzene rings is 1. The molecule has 0 saturated carbocycles. The van der Waals surface area contributed by atoms with Gasteiger partial charge in [0.25, 0.3) is 11.8 Å². The Morgan fingerprint density at radius 3 is 2.58 bits per heavy atom. The highest BCUT2D eigenvalue weighted by Gasteiger charge is 2.44. The van der Waals surface area contributed by atoms with Gasteiger partial charge in [0.15, 0.2) is 0 Å². The number of carbonyl (C=O) groups excluding carboxylic acids is 4. The average molecular weight is 472 g/mol. The van der Waals surface area contributed by atoms with Gasteiger partial charge in [0.2, 0.25) is 11.8 Å². The summed E-state index contributed by atoms with van der Waals surface area (Å²) in [6, 6.07) is 3.66. The number of hydrogen-bond donors (Lipinski definition) is 1. The summed E-state index contributed by atoms with van der Waals surface area (Å²) in [6.07, 6.45) is 0.225. The number of rotatable bonds is 7. The average Bonchev–Trinajstić information content (AvgIpc) is 2.86. The van der Waals surface area contributed by atoms with Crippen molar-refractivity contribution in [1.29, 1.82) is 0 Å². The number of nitrogens with one attached hydrogen (secondary N) is 1. The topological polar surface area (TPSA) is 102 Å². The Labute approximate surface area is 163 Å². The molecule has 1 aromatic carbocycles. The summed E-state index contributed by atoms with van der Waals surface area (Å²) in [4.78, 5) is 49.4. The van der Waals surface area contributed by atoms with Gasteiger partial charge >= 0.3 is 0 Å². The molecule has 138 valence electrons. The molecule has 0 bridgehead atoms. The molecule has 26 heavy (non-hydrogen) atoms. The summed E-state index contributed by atoms with van der Waals surface area (Å²) in [5, 5.41) is 2.17. The van der Waals surface area contributed by atoms with Crippen LogP contribution in [0.3, 0.4) is 0 Å². The van der Waals surface area contributed by atoms with Gasteiger partial charge < -0.3 is 9.47 Å². The Kier molecular flexibility index (Phi) is 5.87. The first-order valence-electron chi connectivity index (χ1n) is 8.15. The molecule has 1 N–H and O–H groups in total. The van der Waals surface area contributed by atoms with Crippen LogP contribution in [0.25, 0.3) is 0 Å². The fraction of sp³-hybridized carbons (Fsp3) is 0.412. The summed E-state index contributed by atoms with van der Waals surface area (Å²) in [7, 11) is 0. The molecule has 3 rings (SSSR count). The van der Waals surface area contributed by atoms with Crippen molar-refractivity contribution >= 4 is 46.2 Å². The van der Waals surface area contributed by atoms with Crippen LogP contribution >= 0.6 is 22.6 Å². The number of ether oxygens (including phenoxy) is 2. The zero-order valence-corrected chi connectivity index (χ0v) is 16.0. The first-order chi connectivity index (χ1) is 12.5. The van der Waals surface area contributed by atoms with E-state index in [1.807, 2.05) is 0 Å². The molecule has 2 aliphatic rings. The number of fused-ring (bicyclic) bond motifs is 1. The lowest BCUT2D eigenvalue weighted by Gasteiger charge is -2.27. The Morgan fingerprint density at radius 1 is 1.08 bits per heavy atom. The Balaban J connectivity index is 1.71.